The smallest absolute Gasteiger partial charge is 0.366 e. The Bertz CT molecular complexity index is 1740. The van der Waals surface area contributed by atoms with Crippen LogP contribution in [0, 0.1) is 17.5 Å². The third-order valence-electron chi connectivity index (χ3n) is 7.13. The summed E-state index contributed by atoms with van der Waals surface area (Å²) >= 11 is 0. The number of halogens is 6. The second-order valence-corrected chi connectivity index (χ2v) is 10.3. The number of nitrogens with zero attached hydrogens (tertiary/aromatic N) is 3. The number of primary amides is 1. The quantitative estimate of drug-likeness (QED) is 0.221. The summed E-state index contributed by atoms with van der Waals surface area (Å²) < 4.78 is 84.6. The van der Waals surface area contributed by atoms with Gasteiger partial charge in [-0.2, -0.15) is 18.3 Å². The van der Waals surface area contributed by atoms with Crippen LogP contribution in [0.3, 0.4) is 0 Å². The highest BCUT2D eigenvalue weighted by Crippen LogP contribution is 2.37. The van der Waals surface area contributed by atoms with Crippen molar-refractivity contribution in [2.45, 2.75) is 44.4 Å². The van der Waals surface area contributed by atoms with Crippen LogP contribution in [-0.2, 0) is 23.9 Å². The van der Waals surface area contributed by atoms with E-state index in [-0.39, 0.29) is 23.2 Å². The lowest BCUT2D eigenvalue weighted by Crippen LogP contribution is -2.34. The van der Waals surface area contributed by atoms with E-state index >= 15 is 0 Å². The van der Waals surface area contributed by atoms with Gasteiger partial charge in [0.2, 0.25) is 5.91 Å². The molecule has 0 saturated heterocycles. The van der Waals surface area contributed by atoms with Crippen LogP contribution < -0.4 is 11.1 Å². The zero-order chi connectivity index (χ0) is 31.6. The molecule has 0 fully saturated rings. The molecule has 1 atom stereocenters. The molecular weight excluding hydrogens is 588 g/mol. The van der Waals surface area contributed by atoms with Crippen LogP contribution in [0.15, 0.2) is 67.0 Å². The molecule has 4 aromatic rings. The van der Waals surface area contributed by atoms with Gasteiger partial charge in [-0.1, -0.05) is 18.2 Å². The van der Waals surface area contributed by atoms with E-state index in [1.54, 1.807) is 18.2 Å². The summed E-state index contributed by atoms with van der Waals surface area (Å²) in [7, 11) is 0. The Morgan fingerprint density at radius 3 is 2.43 bits per heavy atom. The summed E-state index contributed by atoms with van der Waals surface area (Å²) in [4.78, 5) is 29.4. The number of amides is 2. The molecule has 0 spiro atoms. The molecule has 0 aliphatic heterocycles. The van der Waals surface area contributed by atoms with Crippen molar-refractivity contribution in [2.24, 2.45) is 5.73 Å². The molecule has 2 aromatic carbocycles. The number of benzene rings is 2. The first-order valence-corrected chi connectivity index (χ1v) is 13.5. The van der Waals surface area contributed by atoms with E-state index in [0.717, 1.165) is 22.9 Å². The van der Waals surface area contributed by atoms with Crippen molar-refractivity contribution in [3.63, 3.8) is 0 Å². The molecule has 3 N–H and O–H groups in total. The van der Waals surface area contributed by atoms with Crippen molar-refractivity contribution < 1.29 is 35.9 Å². The van der Waals surface area contributed by atoms with Gasteiger partial charge in [0.05, 0.1) is 17.3 Å². The van der Waals surface area contributed by atoms with Gasteiger partial charge in [0, 0.05) is 29.6 Å². The SMILES string of the molecule is NC(=O)c1cc(-c2cccnc2[C@H](Cc2cc(F)cc(F)c2)NC(=O)Cn2cc(C3=CCCC3)c(C(F)(F)F)n2)ccc1F. The molecule has 228 valence electrons. The maximum absolute atomic E-state index is 14.2. The average Bonchev–Trinajstić information content (AvgIpc) is 3.63. The van der Waals surface area contributed by atoms with Gasteiger partial charge in [-0.15, -0.1) is 0 Å². The van der Waals surface area contributed by atoms with E-state index in [2.05, 4.69) is 15.4 Å². The lowest BCUT2D eigenvalue weighted by atomic mass is 9.94. The average molecular weight is 614 g/mol. The van der Waals surface area contributed by atoms with Crippen LogP contribution in [0.4, 0.5) is 26.3 Å². The number of hydrogen-bond acceptors (Lipinski definition) is 4. The van der Waals surface area contributed by atoms with E-state index in [4.69, 9.17) is 5.73 Å². The number of aromatic nitrogens is 3. The normalized spacial score (nSPS) is 13.9. The van der Waals surface area contributed by atoms with Crippen molar-refractivity contribution in [3.05, 3.63) is 113 Å². The Morgan fingerprint density at radius 1 is 1.02 bits per heavy atom. The summed E-state index contributed by atoms with van der Waals surface area (Å²) in [6, 6.07) is 8.49. The van der Waals surface area contributed by atoms with Gasteiger partial charge >= 0.3 is 6.18 Å². The monoisotopic (exact) mass is 613 g/mol. The predicted octanol–water partition coefficient (Wildman–Crippen LogP) is 6.15. The molecular formula is C31H25F6N5O2. The molecule has 0 unspecified atom stereocenters. The Balaban J connectivity index is 1.50. The first-order chi connectivity index (χ1) is 20.9. The van der Waals surface area contributed by atoms with Crippen molar-refractivity contribution in [2.75, 3.05) is 0 Å². The molecule has 13 heteroatoms. The van der Waals surface area contributed by atoms with Crippen molar-refractivity contribution >= 4 is 17.4 Å². The summed E-state index contributed by atoms with van der Waals surface area (Å²) in [6.45, 7) is -0.602. The molecule has 7 nitrogen and oxygen atoms in total. The maximum atomic E-state index is 14.2. The van der Waals surface area contributed by atoms with Crippen LogP contribution in [0.25, 0.3) is 16.7 Å². The van der Waals surface area contributed by atoms with Gasteiger partial charge in [-0.05, 0) is 72.7 Å². The van der Waals surface area contributed by atoms with E-state index in [0.29, 0.717) is 42.0 Å². The van der Waals surface area contributed by atoms with Crippen LogP contribution in [0.5, 0.6) is 0 Å². The second kappa shape index (κ2) is 12.3. The molecule has 2 heterocycles. The highest BCUT2D eigenvalue weighted by atomic mass is 19.4. The minimum atomic E-state index is -4.74. The fourth-order valence-electron chi connectivity index (χ4n) is 5.25. The van der Waals surface area contributed by atoms with E-state index < -0.39 is 59.3 Å². The topological polar surface area (TPSA) is 103 Å². The molecule has 2 amide bonds. The molecule has 0 bridgehead atoms. The zero-order valence-corrected chi connectivity index (χ0v) is 23.0. The van der Waals surface area contributed by atoms with Gasteiger partial charge in [-0.25, -0.2) is 13.2 Å². The number of carbonyl (C=O) groups is 2. The van der Waals surface area contributed by atoms with Gasteiger partial charge < -0.3 is 11.1 Å². The molecule has 1 aliphatic carbocycles. The standard InChI is InChI=1S/C31H25F6N5O2/c32-20-10-17(11-21(33)14-20)12-26(28-22(6-3-9-39-28)19-7-8-25(34)23(13-19)30(38)44)40-27(43)16-42-15-24(18-4-1-2-5-18)29(41-42)31(35,36)37/h3-4,6-11,13-15,26H,1-2,5,12,16H2,(H2,38,44)(H,40,43)/t26-/m0/s1. The Morgan fingerprint density at radius 2 is 1.77 bits per heavy atom. The molecule has 0 radical (unpaired) electrons. The number of nitrogens with two attached hydrogens (primary N) is 1. The van der Waals surface area contributed by atoms with Crippen molar-refractivity contribution in [1.29, 1.82) is 0 Å². The summed E-state index contributed by atoms with van der Waals surface area (Å²) in [6.07, 6.45) is 1.17. The van der Waals surface area contributed by atoms with Crippen LogP contribution >= 0.6 is 0 Å². The fraction of sp³-hybridized carbons (Fsp3) is 0.226. The van der Waals surface area contributed by atoms with Crippen molar-refractivity contribution in [3.8, 4) is 11.1 Å². The van der Waals surface area contributed by atoms with Crippen LogP contribution in [-0.4, -0.2) is 26.6 Å². The van der Waals surface area contributed by atoms with Crippen LogP contribution in [0.1, 0.15) is 58.2 Å². The Labute approximate surface area is 247 Å². The van der Waals surface area contributed by atoms with Crippen LogP contribution in [0.2, 0.25) is 0 Å². The highest BCUT2D eigenvalue weighted by molar-refractivity contribution is 5.94. The van der Waals surface area contributed by atoms with E-state index in [9.17, 15) is 35.9 Å². The van der Waals surface area contributed by atoms with Gasteiger partial charge in [-0.3, -0.25) is 19.3 Å². The number of allylic oxidation sites excluding steroid dienone is 2. The largest absolute Gasteiger partial charge is 0.435 e. The Hall–Kier alpha value is -4.94. The number of carbonyl (C=O) groups excluding carboxylic acids is 2. The van der Waals surface area contributed by atoms with E-state index in [1.165, 1.54) is 24.5 Å². The number of alkyl halides is 3. The first kappa shape index (κ1) is 30.5. The number of nitrogens with one attached hydrogen (secondary N) is 1. The zero-order valence-electron chi connectivity index (χ0n) is 23.0. The fourth-order valence-corrected chi connectivity index (χ4v) is 5.25. The highest BCUT2D eigenvalue weighted by Gasteiger charge is 2.38. The number of hydrogen-bond donors (Lipinski definition) is 2. The third-order valence-corrected chi connectivity index (χ3v) is 7.13. The predicted molar refractivity (Wildman–Crippen MR) is 148 cm³/mol. The molecule has 44 heavy (non-hydrogen) atoms. The van der Waals surface area contributed by atoms with E-state index in [1.807, 2.05) is 0 Å². The lowest BCUT2D eigenvalue weighted by Gasteiger charge is -2.22. The minimum absolute atomic E-state index is 0.0943. The molecule has 1 aliphatic rings. The third kappa shape index (κ3) is 6.82. The summed E-state index contributed by atoms with van der Waals surface area (Å²) in [5.41, 5.74) is 5.20. The molecule has 0 saturated carbocycles. The first-order valence-electron chi connectivity index (χ1n) is 13.5. The lowest BCUT2D eigenvalue weighted by molar-refractivity contribution is -0.142. The van der Waals surface area contributed by atoms with Gasteiger partial charge in [0.1, 0.15) is 24.0 Å². The number of rotatable bonds is 9. The Kier molecular flexibility index (Phi) is 8.56. The maximum Gasteiger partial charge on any atom is 0.435 e. The summed E-state index contributed by atoms with van der Waals surface area (Å²) in [5, 5.41) is 6.35. The van der Waals surface area contributed by atoms with Crippen molar-refractivity contribution in [1.82, 2.24) is 20.1 Å². The molecule has 2 aromatic heterocycles. The second-order valence-electron chi connectivity index (χ2n) is 10.3. The summed E-state index contributed by atoms with van der Waals surface area (Å²) in [5.74, 6) is -4.34. The van der Waals surface area contributed by atoms with Gasteiger partial charge in [0.15, 0.2) is 5.69 Å². The molecule has 5 rings (SSSR count). The minimum Gasteiger partial charge on any atom is -0.366 e. The number of pyridine rings is 1. The van der Waals surface area contributed by atoms with Gasteiger partial charge in [0.25, 0.3) is 5.91 Å².